The average Bonchev–Trinajstić information content (AvgIpc) is 3.09. The molecule has 0 heterocycles. The molecule has 1 aromatic rings. The number of fused-ring (bicyclic) bond motifs is 1. The lowest BCUT2D eigenvalue weighted by atomic mass is 9.95. The molecule has 2 saturated carbocycles. The van der Waals surface area contributed by atoms with Crippen LogP contribution in [0.4, 0.5) is 0 Å². The third-order valence-corrected chi connectivity index (χ3v) is 10.1. The standard InChI is InChI=1S/C18H26O2S2/c1-3-4-8-11-17-12-15(17)13-18(14-17,21-2)22(19,20)16-9-6-5-7-10-16/h5-7,9-10,15H,3-4,8,11-14H2,1-2H3. The Bertz CT molecular complexity index is 626. The second-order valence-corrected chi connectivity index (χ2v) is 10.7. The van der Waals surface area contributed by atoms with Crippen molar-refractivity contribution in [2.75, 3.05) is 6.26 Å². The maximum Gasteiger partial charge on any atom is 0.193 e. The van der Waals surface area contributed by atoms with Gasteiger partial charge in [-0.25, -0.2) is 8.42 Å². The minimum atomic E-state index is -3.26. The highest BCUT2D eigenvalue weighted by molar-refractivity contribution is 8.14. The first-order chi connectivity index (χ1) is 10.5. The topological polar surface area (TPSA) is 34.1 Å². The van der Waals surface area contributed by atoms with Crippen LogP contribution in [-0.2, 0) is 9.84 Å². The molecule has 0 bridgehead atoms. The van der Waals surface area contributed by atoms with Gasteiger partial charge in [0.05, 0.1) is 4.90 Å². The van der Waals surface area contributed by atoms with Gasteiger partial charge in [-0.2, -0.15) is 0 Å². The smallest absolute Gasteiger partial charge is 0.193 e. The van der Waals surface area contributed by atoms with Gasteiger partial charge in [-0.15, -0.1) is 11.8 Å². The van der Waals surface area contributed by atoms with Gasteiger partial charge in [0.1, 0.15) is 4.08 Å². The molecular weight excluding hydrogens is 312 g/mol. The van der Waals surface area contributed by atoms with E-state index >= 15 is 0 Å². The zero-order chi connectivity index (χ0) is 15.8. The zero-order valence-corrected chi connectivity index (χ0v) is 15.2. The van der Waals surface area contributed by atoms with Crippen molar-refractivity contribution in [2.45, 2.75) is 60.8 Å². The van der Waals surface area contributed by atoms with Crippen molar-refractivity contribution in [1.29, 1.82) is 0 Å². The maximum atomic E-state index is 13.2. The number of rotatable bonds is 7. The summed E-state index contributed by atoms with van der Waals surface area (Å²) in [6.45, 7) is 2.22. The molecule has 3 atom stereocenters. The van der Waals surface area contributed by atoms with Crippen LogP contribution in [0.15, 0.2) is 35.2 Å². The predicted octanol–water partition coefficient (Wildman–Crippen LogP) is 4.90. The quantitative estimate of drug-likeness (QED) is 0.663. The molecule has 2 aliphatic rings. The molecule has 4 heteroatoms. The van der Waals surface area contributed by atoms with Gasteiger partial charge >= 0.3 is 0 Å². The Morgan fingerprint density at radius 2 is 1.91 bits per heavy atom. The fourth-order valence-electron chi connectivity index (χ4n) is 4.33. The molecule has 0 amide bonds. The molecule has 2 fully saturated rings. The van der Waals surface area contributed by atoms with E-state index < -0.39 is 13.9 Å². The molecule has 3 unspecified atom stereocenters. The number of unbranched alkanes of at least 4 members (excludes halogenated alkanes) is 2. The summed E-state index contributed by atoms with van der Waals surface area (Å²) in [7, 11) is -3.26. The van der Waals surface area contributed by atoms with Crippen molar-refractivity contribution < 1.29 is 8.42 Å². The van der Waals surface area contributed by atoms with Crippen molar-refractivity contribution in [1.82, 2.24) is 0 Å². The van der Waals surface area contributed by atoms with Crippen molar-refractivity contribution in [3.05, 3.63) is 30.3 Å². The van der Waals surface area contributed by atoms with Gasteiger partial charge in [0.2, 0.25) is 0 Å². The summed E-state index contributed by atoms with van der Waals surface area (Å²) < 4.78 is 25.8. The van der Waals surface area contributed by atoms with Crippen molar-refractivity contribution in [3.63, 3.8) is 0 Å². The Morgan fingerprint density at radius 1 is 1.18 bits per heavy atom. The Kier molecular flexibility index (Phi) is 4.36. The number of hydrogen-bond acceptors (Lipinski definition) is 3. The van der Waals surface area contributed by atoms with Crippen molar-refractivity contribution in [2.24, 2.45) is 11.3 Å². The lowest BCUT2D eigenvalue weighted by Crippen LogP contribution is -2.34. The SMILES string of the molecule is CCCCCC12CC1CC(SC)(S(=O)(=O)c1ccccc1)C2. The van der Waals surface area contributed by atoms with Crippen LogP contribution in [-0.4, -0.2) is 18.8 Å². The minimum absolute atomic E-state index is 0.333. The van der Waals surface area contributed by atoms with Crippen LogP contribution in [0.2, 0.25) is 0 Å². The molecular formula is C18H26O2S2. The molecule has 1 aromatic carbocycles. The van der Waals surface area contributed by atoms with Gasteiger partial charge in [-0.1, -0.05) is 44.4 Å². The number of benzene rings is 1. The van der Waals surface area contributed by atoms with E-state index in [1.54, 1.807) is 23.9 Å². The fourth-order valence-corrected chi connectivity index (χ4v) is 8.14. The van der Waals surface area contributed by atoms with Crippen LogP contribution in [0.5, 0.6) is 0 Å². The summed E-state index contributed by atoms with van der Waals surface area (Å²) in [5, 5.41) is 0. The van der Waals surface area contributed by atoms with Gasteiger partial charge in [0.15, 0.2) is 9.84 Å². The van der Waals surface area contributed by atoms with Crippen molar-refractivity contribution >= 4 is 21.6 Å². The first-order valence-electron chi connectivity index (χ1n) is 8.34. The highest BCUT2D eigenvalue weighted by Crippen LogP contribution is 2.72. The molecule has 0 N–H and O–H groups in total. The summed E-state index contributed by atoms with van der Waals surface area (Å²) in [4.78, 5) is 0.495. The van der Waals surface area contributed by atoms with E-state index in [2.05, 4.69) is 6.92 Å². The second-order valence-electron chi connectivity index (χ2n) is 7.03. The minimum Gasteiger partial charge on any atom is -0.222 e. The molecule has 0 aliphatic heterocycles. The average molecular weight is 339 g/mol. The number of hydrogen-bond donors (Lipinski definition) is 0. The third-order valence-electron chi connectivity index (χ3n) is 5.73. The zero-order valence-electron chi connectivity index (χ0n) is 13.5. The van der Waals surface area contributed by atoms with E-state index in [1.807, 2.05) is 24.5 Å². The molecule has 122 valence electrons. The summed E-state index contributed by atoms with van der Waals surface area (Å²) in [5.74, 6) is 0.635. The van der Waals surface area contributed by atoms with Crippen molar-refractivity contribution in [3.8, 4) is 0 Å². The van der Waals surface area contributed by atoms with E-state index in [1.165, 1.54) is 32.1 Å². The van der Waals surface area contributed by atoms with E-state index in [9.17, 15) is 8.42 Å². The van der Waals surface area contributed by atoms with Crippen LogP contribution in [0.1, 0.15) is 51.9 Å². The highest BCUT2D eigenvalue weighted by atomic mass is 32.3. The Morgan fingerprint density at radius 3 is 2.55 bits per heavy atom. The van der Waals surface area contributed by atoms with Gasteiger partial charge in [-0.3, -0.25) is 0 Å². The summed E-state index contributed by atoms with van der Waals surface area (Å²) >= 11 is 1.57. The monoisotopic (exact) mass is 338 g/mol. The van der Waals surface area contributed by atoms with Crippen LogP contribution in [0.3, 0.4) is 0 Å². The predicted molar refractivity (Wildman–Crippen MR) is 93.8 cm³/mol. The Balaban J connectivity index is 1.83. The fraction of sp³-hybridized carbons (Fsp3) is 0.667. The van der Waals surface area contributed by atoms with E-state index in [0.29, 0.717) is 16.2 Å². The lowest BCUT2D eigenvalue weighted by molar-refractivity contribution is 0.414. The molecule has 0 saturated heterocycles. The molecule has 0 spiro atoms. The van der Waals surface area contributed by atoms with Crippen LogP contribution in [0, 0.1) is 11.3 Å². The van der Waals surface area contributed by atoms with Gasteiger partial charge in [0.25, 0.3) is 0 Å². The number of sulfone groups is 1. The lowest BCUT2D eigenvalue weighted by Gasteiger charge is -2.30. The molecule has 0 radical (unpaired) electrons. The first-order valence-corrected chi connectivity index (χ1v) is 11.1. The second kappa shape index (κ2) is 5.86. The van der Waals surface area contributed by atoms with E-state index in [0.717, 1.165) is 12.8 Å². The first kappa shape index (κ1) is 16.4. The normalized spacial score (nSPS) is 33.6. The van der Waals surface area contributed by atoms with Gasteiger partial charge < -0.3 is 0 Å². The molecule has 22 heavy (non-hydrogen) atoms. The molecule has 3 rings (SSSR count). The molecule has 2 nitrogen and oxygen atoms in total. The summed E-state index contributed by atoms with van der Waals surface area (Å²) in [6, 6.07) is 9.03. The van der Waals surface area contributed by atoms with E-state index in [-0.39, 0.29) is 0 Å². The van der Waals surface area contributed by atoms with E-state index in [4.69, 9.17) is 0 Å². The Labute approximate surface area is 139 Å². The molecule has 2 aliphatic carbocycles. The maximum absolute atomic E-state index is 13.2. The largest absolute Gasteiger partial charge is 0.222 e. The molecule has 0 aromatic heterocycles. The number of thioether (sulfide) groups is 1. The third kappa shape index (κ3) is 2.52. The Hall–Kier alpha value is -0.480. The van der Waals surface area contributed by atoms with Crippen LogP contribution in [0.25, 0.3) is 0 Å². The van der Waals surface area contributed by atoms with Gasteiger partial charge in [-0.05, 0) is 55.4 Å². The summed E-state index contributed by atoms with van der Waals surface area (Å²) in [5.41, 5.74) is 0.333. The summed E-state index contributed by atoms with van der Waals surface area (Å²) in [6.07, 6.45) is 9.91. The highest BCUT2D eigenvalue weighted by Gasteiger charge is 2.68. The van der Waals surface area contributed by atoms with Crippen LogP contribution < -0.4 is 0 Å². The van der Waals surface area contributed by atoms with Gasteiger partial charge in [0, 0.05) is 0 Å². The van der Waals surface area contributed by atoms with Crippen LogP contribution >= 0.6 is 11.8 Å².